The highest BCUT2D eigenvalue weighted by atomic mass is 15.2. The Labute approximate surface area is 385 Å². The molecule has 2 nitrogen and oxygen atoms in total. The number of fused-ring (bicyclic) bond motifs is 4. The maximum absolute atomic E-state index is 2.50. The van der Waals surface area contributed by atoms with Crippen molar-refractivity contribution in [3.8, 4) is 61.3 Å². The first-order chi connectivity index (χ1) is 32.8. The van der Waals surface area contributed by atoms with Gasteiger partial charge < -0.3 is 9.47 Å². The summed E-state index contributed by atoms with van der Waals surface area (Å²) in [4.78, 5) is 2.50. The van der Waals surface area contributed by atoms with Gasteiger partial charge in [-0.1, -0.05) is 218 Å². The van der Waals surface area contributed by atoms with Gasteiger partial charge in [-0.25, -0.2) is 0 Å². The smallest absolute Gasteiger partial charge is 0.0562 e. The van der Waals surface area contributed by atoms with Crippen LogP contribution in [0, 0.1) is 0 Å². The Morgan fingerprint density at radius 2 is 0.742 bits per heavy atom. The molecule has 11 aromatic carbocycles. The number of hydrogen-bond acceptors (Lipinski definition) is 1. The van der Waals surface area contributed by atoms with Gasteiger partial charge in [-0.2, -0.15) is 0 Å². The van der Waals surface area contributed by atoms with Crippen molar-refractivity contribution in [2.24, 2.45) is 0 Å². The second-order valence-corrected chi connectivity index (χ2v) is 16.8. The molecule has 0 amide bonds. The highest BCUT2D eigenvalue weighted by Gasteiger charge is 2.26. The summed E-state index contributed by atoms with van der Waals surface area (Å²) in [5.74, 6) is 0. The predicted molar refractivity (Wildman–Crippen MR) is 280 cm³/mol. The highest BCUT2D eigenvalue weighted by Crippen LogP contribution is 2.50. The number of anilines is 3. The van der Waals surface area contributed by atoms with E-state index in [1.807, 2.05) is 0 Å². The van der Waals surface area contributed by atoms with Gasteiger partial charge in [-0.05, 0) is 109 Å². The molecule has 0 aliphatic heterocycles. The van der Waals surface area contributed by atoms with Crippen molar-refractivity contribution < 1.29 is 0 Å². The van der Waals surface area contributed by atoms with Gasteiger partial charge in [-0.15, -0.1) is 0 Å². The van der Waals surface area contributed by atoms with Crippen LogP contribution in [0.25, 0.3) is 93.9 Å². The summed E-state index contributed by atoms with van der Waals surface area (Å²) >= 11 is 0. The zero-order valence-corrected chi connectivity index (χ0v) is 36.3. The SMILES string of the molecule is c1ccc(-c2ccccc2-c2c(-c3ccccc3)cccc2N(c2ccc(-c3ccc(-c4cccc5ccccc45)cc3)cc2)c2cccc3c2c2ccccc2n3-c2ccccc2)cc1. The molecule has 0 spiro atoms. The van der Waals surface area contributed by atoms with Crippen LogP contribution in [0.3, 0.4) is 0 Å². The standard InChI is InChI=1S/C64H44N2/c1-4-19-47(20-5-1)55-28-12-13-29-57(55)63-56(49-21-6-2-7-22-49)32-17-34-60(63)66(62-36-18-35-61-64(62)58-30-14-15-33-59(58)65(61)51-25-8-3-9-26-51)52-43-41-46(42-44-52)45-37-39-50(40-38-45)54-31-16-24-48-23-10-11-27-53(48)54/h1-44H. The zero-order valence-electron chi connectivity index (χ0n) is 36.3. The quantitative estimate of drug-likeness (QED) is 0.141. The van der Waals surface area contributed by atoms with E-state index < -0.39 is 0 Å². The first-order valence-electron chi connectivity index (χ1n) is 22.7. The molecule has 0 N–H and O–H groups in total. The third-order valence-corrected chi connectivity index (χ3v) is 13.0. The Morgan fingerprint density at radius 1 is 0.273 bits per heavy atom. The van der Waals surface area contributed by atoms with Crippen LogP contribution in [-0.4, -0.2) is 4.57 Å². The van der Waals surface area contributed by atoms with Crippen LogP contribution in [-0.2, 0) is 0 Å². The van der Waals surface area contributed by atoms with E-state index >= 15 is 0 Å². The lowest BCUT2D eigenvalue weighted by Crippen LogP contribution is -2.12. The van der Waals surface area contributed by atoms with Crippen LogP contribution >= 0.6 is 0 Å². The molecule has 0 aliphatic rings. The summed E-state index contributed by atoms with van der Waals surface area (Å²) in [6.45, 7) is 0. The van der Waals surface area contributed by atoms with E-state index in [1.54, 1.807) is 0 Å². The fraction of sp³-hybridized carbons (Fsp3) is 0. The first-order valence-corrected chi connectivity index (χ1v) is 22.7. The fourth-order valence-electron chi connectivity index (χ4n) is 10.0. The molecule has 66 heavy (non-hydrogen) atoms. The molecule has 0 radical (unpaired) electrons. The van der Waals surface area contributed by atoms with Crippen molar-refractivity contribution in [2.45, 2.75) is 0 Å². The predicted octanol–water partition coefficient (Wildman–Crippen LogP) is 17.7. The van der Waals surface area contributed by atoms with Crippen molar-refractivity contribution in [1.29, 1.82) is 0 Å². The van der Waals surface area contributed by atoms with Gasteiger partial charge in [0.05, 0.1) is 22.4 Å². The highest BCUT2D eigenvalue weighted by molar-refractivity contribution is 6.17. The van der Waals surface area contributed by atoms with Crippen molar-refractivity contribution >= 4 is 49.6 Å². The second-order valence-electron chi connectivity index (χ2n) is 16.8. The number of benzene rings is 11. The summed E-state index contributed by atoms with van der Waals surface area (Å²) in [6.07, 6.45) is 0. The molecule has 0 aliphatic carbocycles. The molecule has 12 aromatic rings. The largest absolute Gasteiger partial charge is 0.309 e. The molecule has 0 unspecified atom stereocenters. The average Bonchev–Trinajstić information content (AvgIpc) is 3.74. The molecule has 0 atom stereocenters. The van der Waals surface area contributed by atoms with Gasteiger partial charge in [0.25, 0.3) is 0 Å². The molecular formula is C64H44N2. The van der Waals surface area contributed by atoms with Gasteiger partial charge in [0.1, 0.15) is 0 Å². The van der Waals surface area contributed by atoms with Crippen LogP contribution in [0.2, 0.25) is 0 Å². The minimum Gasteiger partial charge on any atom is -0.309 e. The molecule has 12 rings (SSSR count). The lowest BCUT2D eigenvalue weighted by atomic mass is 9.87. The van der Waals surface area contributed by atoms with Crippen LogP contribution < -0.4 is 4.90 Å². The summed E-state index contributed by atoms with van der Waals surface area (Å²) in [5.41, 5.74) is 18.5. The van der Waals surface area contributed by atoms with Crippen molar-refractivity contribution in [2.75, 3.05) is 4.90 Å². The Bertz CT molecular complexity index is 3660. The van der Waals surface area contributed by atoms with Gasteiger partial charge in [0, 0.05) is 27.7 Å². The Balaban J connectivity index is 1.09. The molecule has 1 heterocycles. The Hall–Kier alpha value is -8.72. The summed E-state index contributed by atoms with van der Waals surface area (Å²) in [6, 6.07) is 97.0. The van der Waals surface area contributed by atoms with Crippen LogP contribution in [0.1, 0.15) is 0 Å². The third-order valence-electron chi connectivity index (χ3n) is 13.0. The van der Waals surface area contributed by atoms with Crippen molar-refractivity contribution in [3.63, 3.8) is 0 Å². The average molecular weight is 841 g/mol. The van der Waals surface area contributed by atoms with E-state index in [1.165, 1.54) is 77.1 Å². The molecule has 2 heteroatoms. The van der Waals surface area contributed by atoms with Crippen molar-refractivity contribution in [1.82, 2.24) is 4.57 Å². The van der Waals surface area contributed by atoms with E-state index in [0.29, 0.717) is 0 Å². The molecule has 1 aromatic heterocycles. The number of para-hydroxylation sites is 2. The van der Waals surface area contributed by atoms with Gasteiger partial charge in [-0.3, -0.25) is 0 Å². The third kappa shape index (κ3) is 6.84. The van der Waals surface area contributed by atoms with Crippen LogP contribution in [0.4, 0.5) is 17.1 Å². The molecule has 0 saturated carbocycles. The molecule has 310 valence electrons. The van der Waals surface area contributed by atoms with E-state index in [4.69, 9.17) is 0 Å². The maximum Gasteiger partial charge on any atom is 0.0562 e. The van der Waals surface area contributed by atoms with E-state index in [2.05, 4.69) is 276 Å². The first kappa shape index (κ1) is 38.9. The minimum absolute atomic E-state index is 1.07. The van der Waals surface area contributed by atoms with E-state index in [0.717, 1.165) is 33.8 Å². The van der Waals surface area contributed by atoms with Gasteiger partial charge >= 0.3 is 0 Å². The van der Waals surface area contributed by atoms with Crippen molar-refractivity contribution in [3.05, 3.63) is 267 Å². The van der Waals surface area contributed by atoms with Gasteiger partial charge in [0.2, 0.25) is 0 Å². The lowest BCUT2D eigenvalue weighted by molar-refractivity contribution is 1.18. The number of nitrogens with zero attached hydrogens (tertiary/aromatic N) is 2. The Morgan fingerprint density at radius 3 is 1.48 bits per heavy atom. The number of hydrogen-bond donors (Lipinski definition) is 0. The minimum atomic E-state index is 1.07. The maximum atomic E-state index is 2.50. The lowest BCUT2D eigenvalue weighted by Gasteiger charge is -2.30. The summed E-state index contributed by atoms with van der Waals surface area (Å²) in [7, 11) is 0. The van der Waals surface area contributed by atoms with Crippen LogP contribution in [0.15, 0.2) is 267 Å². The second kappa shape index (κ2) is 16.8. The fourth-order valence-corrected chi connectivity index (χ4v) is 10.0. The number of rotatable bonds is 9. The molecule has 0 bridgehead atoms. The monoisotopic (exact) mass is 840 g/mol. The zero-order chi connectivity index (χ0) is 43.8. The normalized spacial score (nSPS) is 11.3. The molecular weight excluding hydrogens is 797 g/mol. The summed E-state index contributed by atoms with van der Waals surface area (Å²) < 4.78 is 2.41. The van der Waals surface area contributed by atoms with E-state index in [-0.39, 0.29) is 0 Å². The summed E-state index contributed by atoms with van der Waals surface area (Å²) in [5, 5.41) is 4.91. The molecule has 0 fully saturated rings. The number of aromatic nitrogens is 1. The topological polar surface area (TPSA) is 8.17 Å². The van der Waals surface area contributed by atoms with Crippen LogP contribution in [0.5, 0.6) is 0 Å². The molecule has 0 saturated heterocycles. The Kier molecular flexibility index (Phi) is 9.89. The van der Waals surface area contributed by atoms with Gasteiger partial charge in [0.15, 0.2) is 0 Å². The van der Waals surface area contributed by atoms with E-state index in [9.17, 15) is 0 Å².